The molecule has 174 valence electrons. The zero-order valence-electron chi connectivity index (χ0n) is 19.7. The molecule has 0 aliphatic carbocycles. The van der Waals surface area contributed by atoms with Crippen molar-refractivity contribution in [3.63, 3.8) is 0 Å². The number of thiophene rings is 1. The standard InChI is InChI=1S/C30H26N2O2S/c1-3-21-5-11-25(12-6-21)32(26-13-7-22(4-2)8-14-26)27-15-9-23(10-16-27)29-18-17-28(35-29)19-24(20-31)30(33)34/h5-19H,3-4H2,1-2H3,(H,33,34)/b24-19+. The molecule has 0 spiro atoms. The van der Waals surface area contributed by atoms with Crippen LogP contribution in [0.15, 0.2) is 90.5 Å². The Morgan fingerprint density at radius 1 is 0.829 bits per heavy atom. The number of anilines is 3. The van der Waals surface area contributed by atoms with Crippen molar-refractivity contribution >= 4 is 40.4 Å². The second-order valence-corrected chi connectivity index (χ2v) is 9.21. The Kier molecular flexibility index (Phi) is 7.45. The van der Waals surface area contributed by atoms with Gasteiger partial charge in [0.05, 0.1) is 0 Å². The lowest BCUT2D eigenvalue weighted by Gasteiger charge is -2.26. The van der Waals surface area contributed by atoms with E-state index < -0.39 is 5.97 Å². The predicted molar refractivity (Wildman–Crippen MR) is 144 cm³/mol. The lowest BCUT2D eigenvalue weighted by Crippen LogP contribution is -2.10. The Balaban J connectivity index is 1.67. The van der Waals surface area contributed by atoms with Crippen LogP contribution in [0.3, 0.4) is 0 Å². The maximum atomic E-state index is 11.1. The first-order chi connectivity index (χ1) is 17.0. The van der Waals surface area contributed by atoms with Crippen LogP contribution >= 0.6 is 11.3 Å². The molecule has 0 saturated carbocycles. The summed E-state index contributed by atoms with van der Waals surface area (Å²) in [5.41, 5.74) is 6.62. The van der Waals surface area contributed by atoms with Crippen LogP contribution in [0.1, 0.15) is 29.9 Å². The van der Waals surface area contributed by atoms with E-state index >= 15 is 0 Å². The van der Waals surface area contributed by atoms with Gasteiger partial charge in [0, 0.05) is 26.8 Å². The summed E-state index contributed by atoms with van der Waals surface area (Å²) in [4.78, 5) is 15.1. The molecule has 0 aliphatic heterocycles. The van der Waals surface area contributed by atoms with Crippen LogP contribution in [0.2, 0.25) is 0 Å². The average molecular weight is 479 g/mol. The van der Waals surface area contributed by atoms with Crippen molar-refractivity contribution in [3.05, 3.63) is 107 Å². The molecule has 4 rings (SSSR count). The maximum absolute atomic E-state index is 11.1. The van der Waals surface area contributed by atoms with E-state index in [0.717, 1.165) is 45.2 Å². The highest BCUT2D eigenvalue weighted by Crippen LogP contribution is 2.37. The Morgan fingerprint density at radius 2 is 1.31 bits per heavy atom. The number of nitriles is 1. The molecule has 4 nitrogen and oxygen atoms in total. The van der Waals surface area contributed by atoms with Crippen molar-refractivity contribution in [2.45, 2.75) is 26.7 Å². The lowest BCUT2D eigenvalue weighted by molar-refractivity contribution is -0.132. The molecule has 0 amide bonds. The van der Waals surface area contributed by atoms with Gasteiger partial charge in [-0.15, -0.1) is 11.3 Å². The van der Waals surface area contributed by atoms with Gasteiger partial charge in [0.15, 0.2) is 0 Å². The smallest absolute Gasteiger partial charge is 0.346 e. The third-order valence-corrected chi connectivity index (χ3v) is 6.96. The zero-order valence-corrected chi connectivity index (χ0v) is 20.5. The summed E-state index contributed by atoms with van der Waals surface area (Å²) < 4.78 is 0. The van der Waals surface area contributed by atoms with Gasteiger partial charge in [0.25, 0.3) is 0 Å². The van der Waals surface area contributed by atoms with Crippen LogP contribution in [0, 0.1) is 11.3 Å². The van der Waals surface area contributed by atoms with E-state index in [4.69, 9.17) is 10.4 Å². The van der Waals surface area contributed by atoms with E-state index in [0.29, 0.717) is 0 Å². The fourth-order valence-corrected chi connectivity index (χ4v) is 4.81. The number of carboxylic acid groups (broad SMARTS) is 1. The number of benzene rings is 3. The van der Waals surface area contributed by atoms with Crippen molar-refractivity contribution < 1.29 is 9.90 Å². The molecule has 35 heavy (non-hydrogen) atoms. The topological polar surface area (TPSA) is 64.3 Å². The van der Waals surface area contributed by atoms with Gasteiger partial charge in [-0.1, -0.05) is 50.2 Å². The molecule has 4 aromatic rings. The van der Waals surface area contributed by atoms with Crippen LogP contribution in [-0.2, 0) is 17.6 Å². The number of hydrogen-bond acceptors (Lipinski definition) is 4. The Bertz CT molecular complexity index is 1330. The minimum absolute atomic E-state index is 0.271. The van der Waals surface area contributed by atoms with E-state index in [2.05, 4.69) is 91.5 Å². The number of hydrogen-bond donors (Lipinski definition) is 1. The molecule has 1 aromatic heterocycles. The SMILES string of the molecule is CCc1ccc(N(c2ccc(CC)cc2)c2ccc(-c3ccc(/C=C(\C#N)C(=O)O)s3)cc2)cc1. The second-order valence-electron chi connectivity index (χ2n) is 8.10. The minimum atomic E-state index is -1.22. The second kappa shape index (κ2) is 10.9. The molecule has 3 aromatic carbocycles. The third kappa shape index (κ3) is 5.51. The molecular formula is C30H26N2O2S. The number of carbonyl (C=O) groups is 1. The molecule has 0 fully saturated rings. The number of aryl methyl sites for hydroxylation is 2. The van der Waals surface area contributed by atoms with Gasteiger partial charge in [-0.25, -0.2) is 4.79 Å². The zero-order chi connectivity index (χ0) is 24.8. The van der Waals surface area contributed by atoms with Crippen LogP contribution in [0.5, 0.6) is 0 Å². The highest BCUT2D eigenvalue weighted by molar-refractivity contribution is 7.16. The maximum Gasteiger partial charge on any atom is 0.346 e. The van der Waals surface area contributed by atoms with Crippen LogP contribution < -0.4 is 4.90 Å². The fraction of sp³-hybridized carbons (Fsp3) is 0.133. The molecule has 0 radical (unpaired) electrons. The van der Waals surface area contributed by atoms with Gasteiger partial charge < -0.3 is 10.0 Å². The summed E-state index contributed by atoms with van der Waals surface area (Å²) in [7, 11) is 0. The summed E-state index contributed by atoms with van der Waals surface area (Å²) in [6.45, 7) is 4.31. The van der Waals surface area contributed by atoms with Crippen LogP contribution in [0.4, 0.5) is 17.1 Å². The number of rotatable bonds is 8. The Morgan fingerprint density at radius 3 is 1.74 bits per heavy atom. The molecule has 0 aliphatic rings. The highest BCUT2D eigenvalue weighted by atomic mass is 32.1. The molecule has 0 atom stereocenters. The van der Waals surface area contributed by atoms with E-state index in [9.17, 15) is 4.79 Å². The fourth-order valence-electron chi connectivity index (χ4n) is 3.85. The first-order valence-corrected chi connectivity index (χ1v) is 12.4. The average Bonchev–Trinajstić information content (AvgIpc) is 3.37. The number of aliphatic carboxylic acids is 1. The first-order valence-electron chi connectivity index (χ1n) is 11.6. The highest BCUT2D eigenvalue weighted by Gasteiger charge is 2.13. The molecule has 0 saturated heterocycles. The van der Waals surface area contributed by atoms with E-state index in [1.54, 1.807) is 6.07 Å². The lowest BCUT2D eigenvalue weighted by atomic mass is 10.1. The van der Waals surface area contributed by atoms with Gasteiger partial charge in [0.1, 0.15) is 11.6 Å². The minimum Gasteiger partial charge on any atom is -0.477 e. The molecule has 0 unspecified atom stereocenters. The van der Waals surface area contributed by atoms with Gasteiger partial charge in [-0.2, -0.15) is 5.26 Å². The number of carboxylic acids is 1. The monoisotopic (exact) mass is 478 g/mol. The summed E-state index contributed by atoms with van der Waals surface area (Å²) in [6.07, 6.45) is 3.41. The molecule has 0 bridgehead atoms. The van der Waals surface area contributed by atoms with Crippen LogP contribution in [0.25, 0.3) is 16.5 Å². The normalized spacial score (nSPS) is 11.2. The quantitative estimate of drug-likeness (QED) is 0.206. The molecule has 5 heteroatoms. The Hall–Kier alpha value is -4.14. The third-order valence-electron chi connectivity index (χ3n) is 5.88. The molecule has 1 heterocycles. The Labute approximate surface area is 210 Å². The number of nitrogens with zero attached hydrogens (tertiary/aromatic N) is 2. The van der Waals surface area contributed by atoms with Crippen molar-refractivity contribution in [1.82, 2.24) is 0 Å². The predicted octanol–water partition coefficient (Wildman–Crippen LogP) is 8.00. The first kappa shape index (κ1) is 24.0. The van der Waals surface area contributed by atoms with Gasteiger partial charge >= 0.3 is 5.97 Å². The summed E-state index contributed by atoms with van der Waals surface area (Å²) >= 11 is 1.46. The van der Waals surface area contributed by atoms with E-state index in [1.807, 2.05) is 12.1 Å². The van der Waals surface area contributed by atoms with Gasteiger partial charge in [-0.05, 0) is 84.1 Å². The van der Waals surface area contributed by atoms with Crippen molar-refractivity contribution in [1.29, 1.82) is 5.26 Å². The van der Waals surface area contributed by atoms with E-state index in [1.165, 1.54) is 28.5 Å². The van der Waals surface area contributed by atoms with Crippen LogP contribution in [-0.4, -0.2) is 11.1 Å². The molecule has 1 N–H and O–H groups in total. The van der Waals surface area contributed by atoms with E-state index in [-0.39, 0.29) is 5.57 Å². The molecular weight excluding hydrogens is 452 g/mol. The largest absolute Gasteiger partial charge is 0.477 e. The van der Waals surface area contributed by atoms with Gasteiger partial charge in [-0.3, -0.25) is 0 Å². The summed E-state index contributed by atoms with van der Waals surface area (Å²) in [5, 5.41) is 18.1. The summed E-state index contributed by atoms with van der Waals surface area (Å²) in [6, 6.07) is 31.2. The summed E-state index contributed by atoms with van der Waals surface area (Å²) in [5.74, 6) is -1.22. The van der Waals surface area contributed by atoms with Crippen molar-refractivity contribution in [3.8, 4) is 16.5 Å². The van der Waals surface area contributed by atoms with Crippen molar-refractivity contribution in [2.24, 2.45) is 0 Å². The van der Waals surface area contributed by atoms with Gasteiger partial charge in [0.2, 0.25) is 0 Å². The van der Waals surface area contributed by atoms with Crippen molar-refractivity contribution in [2.75, 3.05) is 4.90 Å².